The Balaban J connectivity index is 1.73. The van der Waals surface area contributed by atoms with Crippen LogP contribution < -0.4 is 4.74 Å². The summed E-state index contributed by atoms with van der Waals surface area (Å²) in [4.78, 5) is 3.14. The Hall–Kier alpha value is -2.66. The third-order valence-electron chi connectivity index (χ3n) is 6.39. The van der Waals surface area contributed by atoms with E-state index in [-0.39, 0.29) is 29.2 Å². The van der Waals surface area contributed by atoms with Crippen molar-refractivity contribution in [2.75, 3.05) is 0 Å². The molecule has 1 N–H and O–H groups in total. The van der Waals surface area contributed by atoms with Gasteiger partial charge in [0.25, 0.3) is 0 Å². The maximum Gasteiger partial charge on any atom is 0.346 e. The van der Waals surface area contributed by atoms with Gasteiger partial charge in [0.05, 0.1) is 6.57 Å². The molecule has 0 amide bonds. The van der Waals surface area contributed by atoms with Crippen molar-refractivity contribution < 1.29 is 31.8 Å². The number of ether oxygens (including phenoxy) is 1. The molecule has 3 aliphatic carbocycles. The molecule has 2 aromatic carbocycles. The summed E-state index contributed by atoms with van der Waals surface area (Å²) in [5.74, 6) is -9.91. The van der Waals surface area contributed by atoms with Crippen LogP contribution in [0.15, 0.2) is 30.3 Å². The molecule has 0 heterocycles. The van der Waals surface area contributed by atoms with Crippen molar-refractivity contribution >= 4 is 5.69 Å². The number of fused-ring (bicyclic) bond motifs is 1. The molecule has 5 rings (SSSR count). The Morgan fingerprint density at radius 3 is 2.31 bits per heavy atom. The zero-order chi connectivity index (χ0) is 20.8. The lowest BCUT2D eigenvalue weighted by atomic mass is 9.71. The van der Waals surface area contributed by atoms with Gasteiger partial charge in [-0.3, -0.25) is 0 Å². The van der Waals surface area contributed by atoms with E-state index in [0.29, 0.717) is 12.8 Å². The quantitative estimate of drug-likeness (QED) is 0.495. The molecule has 0 bridgehead atoms. The van der Waals surface area contributed by atoms with E-state index >= 15 is 0 Å². The third-order valence-corrected chi connectivity index (χ3v) is 6.39. The molecule has 1 saturated carbocycles. The van der Waals surface area contributed by atoms with Gasteiger partial charge >= 0.3 is 11.8 Å². The fourth-order valence-corrected chi connectivity index (χ4v) is 4.75. The SMILES string of the molecule is [C-]#[N+]c1cc(F)cc(Oc2ccc3c4c2C2(CC2)CCC4(O)C(F)(F)C3(F)F)c1. The van der Waals surface area contributed by atoms with Crippen LogP contribution >= 0.6 is 0 Å². The Kier molecular flexibility index (Phi) is 3.34. The summed E-state index contributed by atoms with van der Waals surface area (Å²) in [7, 11) is 0. The Morgan fingerprint density at radius 2 is 1.66 bits per heavy atom. The van der Waals surface area contributed by atoms with Gasteiger partial charge in [-0.1, -0.05) is 0 Å². The fraction of sp³-hybridized carbons (Fsp3) is 0.381. The number of rotatable bonds is 2. The van der Waals surface area contributed by atoms with Gasteiger partial charge in [-0.2, -0.15) is 17.6 Å². The molecule has 0 radical (unpaired) electrons. The summed E-state index contributed by atoms with van der Waals surface area (Å²) in [6, 6.07) is 5.31. The van der Waals surface area contributed by atoms with Crippen LogP contribution in [0, 0.1) is 12.4 Å². The van der Waals surface area contributed by atoms with Gasteiger partial charge in [0, 0.05) is 22.8 Å². The molecule has 0 aromatic heterocycles. The fourth-order valence-electron chi connectivity index (χ4n) is 4.75. The third kappa shape index (κ3) is 2.14. The Morgan fingerprint density at radius 1 is 0.966 bits per heavy atom. The first-order valence-electron chi connectivity index (χ1n) is 9.08. The zero-order valence-electron chi connectivity index (χ0n) is 14.9. The molecule has 1 unspecified atom stereocenters. The van der Waals surface area contributed by atoms with Crippen LogP contribution in [0.1, 0.15) is 42.4 Å². The highest BCUT2D eigenvalue weighted by atomic mass is 19.3. The van der Waals surface area contributed by atoms with E-state index < -0.39 is 46.2 Å². The Labute approximate surface area is 162 Å². The molecule has 3 nitrogen and oxygen atoms in total. The van der Waals surface area contributed by atoms with E-state index in [9.17, 15) is 27.1 Å². The maximum atomic E-state index is 14.6. The second-order valence-corrected chi connectivity index (χ2v) is 8.01. The molecular formula is C21H14F5NO2. The molecule has 3 aliphatic rings. The van der Waals surface area contributed by atoms with Crippen molar-refractivity contribution in [1.29, 1.82) is 0 Å². The molecule has 0 aliphatic heterocycles. The van der Waals surface area contributed by atoms with Gasteiger partial charge in [0.15, 0.2) is 11.3 Å². The van der Waals surface area contributed by atoms with Crippen LogP contribution in [0.3, 0.4) is 0 Å². The molecule has 150 valence electrons. The molecule has 1 spiro atoms. The van der Waals surface area contributed by atoms with E-state index in [1.54, 1.807) is 0 Å². The minimum atomic E-state index is -4.65. The lowest BCUT2D eigenvalue weighted by molar-refractivity contribution is -0.289. The van der Waals surface area contributed by atoms with Crippen LogP contribution in [0.5, 0.6) is 11.5 Å². The van der Waals surface area contributed by atoms with Crippen LogP contribution in [0.25, 0.3) is 4.85 Å². The normalized spacial score (nSPS) is 26.7. The molecule has 29 heavy (non-hydrogen) atoms. The zero-order valence-corrected chi connectivity index (χ0v) is 14.9. The predicted octanol–water partition coefficient (Wildman–Crippen LogP) is 5.92. The van der Waals surface area contributed by atoms with Crippen LogP contribution in [-0.2, 0) is 16.9 Å². The summed E-state index contributed by atoms with van der Waals surface area (Å²) in [6.45, 7) is 7.02. The molecular weight excluding hydrogens is 393 g/mol. The molecule has 0 saturated heterocycles. The average molecular weight is 407 g/mol. The number of hydrogen-bond acceptors (Lipinski definition) is 2. The lowest BCUT2D eigenvalue weighted by Gasteiger charge is -2.39. The lowest BCUT2D eigenvalue weighted by Crippen LogP contribution is -2.50. The Bertz CT molecular complexity index is 1100. The van der Waals surface area contributed by atoms with Crippen LogP contribution in [-0.4, -0.2) is 11.0 Å². The summed E-state index contributed by atoms with van der Waals surface area (Å²) in [5, 5.41) is 10.7. The number of benzene rings is 2. The van der Waals surface area contributed by atoms with Gasteiger partial charge in [0.1, 0.15) is 17.3 Å². The van der Waals surface area contributed by atoms with E-state index in [1.165, 1.54) is 6.07 Å². The van der Waals surface area contributed by atoms with Gasteiger partial charge < -0.3 is 9.84 Å². The van der Waals surface area contributed by atoms with Gasteiger partial charge in [0.2, 0.25) is 0 Å². The van der Waals surface area contributed by atoms with E-state index in [0.717, 1.165) is 24.3 Å². The monoisotopic (exact) mass is 407 g/mol. The number of halogens is 5. The predicted molar refractivity (Wildman–Crippen MR) is 92.1 cm³/mol. The number of aliphatic hydroxyl groups is 1. The smallest absolute Gasteiger partial charge is 0.346 e. The van der Waals surface area contributed by atoms with Crippen molar-refractivity contribution in [1.82, 2.24) is 0 Å². The molecule has 2 aromatic rings. The highest BCUT2D eigenvalue weighted by Crippen LogP contribution is 2.71. The number of nitrogens with zero attached hydrogens (tertiary/aromatic N) is 1. The number of alkyl halides is 4. The first-order valence-corrected chi connectivity index (χ1v) is 9.08. The van der Waals surface area contributed by atoms with Gasteiger partial charge in [-0.05, 0) is 55.4 Å². The summed E-state index contributed by atoms with van der Waals surface area (Å²) >= 11 is 0. The van der Waals surface area contributed by atoms with Crippen molar-refractivity contribution in [2.45, 2.75) is 48.5 Å². The van der Waals surface area contributed by atoms with Crippen molar-refractivity contribution in [3.8, 4) is 11.5 Å². The minimum absolute atomic E-state index is 0.0226. The van der Waals surface area contributed by atoms with Crippen LogP contribution in [0.2, 0.25) is 0 Å². The first-order chi connectivity index (χ1) is 13.6. The topological polar surface area (TPSA) is 33.8 Å². The van der Waals surface area contributed by atoms with Crippen molar-refractivity contribution in [2.24, 2.45) is 0 Å². The number of hydrogen-bond donors (Lipinski definition) is 1. The van der Waals surface area contributed by atoms with Crippen molar-refractivity contribution in [3.05, 3.63) is 64.3 Å². The van der Waals surface area contributed by atoms with Gasteiger partial charge in [-0.25, -0.2) is 9.24 Å². The van der Waals surface area contributed by atoms with Gasteiger partial charge in [-0.15, -0.1) is 0 Å². The summed E-state index contributed by atoms with van der Waals surface area (Å²) in [5.41, 5.74) is -4.83. The maximum absolute atomic E-state index is 14.6. The highest BCUT2D eigenvalue weighted by Gasteiger charge is 2.78. The molecule has 8 heteroatoms. The molecule has 1 fully saturated rings. The standard InChI is InChI=1S/C21H14F5NO2/c1-27-12-8-11(22)9-13(10-12)29-15-3-2-14-16-17(15)18(4-5-18)6-7-19(16,28)21(25,26)20(14,23)24/h2-3,8-10,28H,4-7H2. The first kappa shape index (κ1) is 18.4. The largest absolute Gasteiger partial charge is 0.458 e. The molecule has 1 atom stereocenters. The van der Waals surface area contributed by atoms with Crippen molar-refractivity contribution in [3.63, 3.8) is 0 Å². The van der Waals surface area contributed by atoms with Crippen LogP contribution in [0.4, 0.5) is 27.6 Å². The van der Waals surface area contributed by atoms with E-state index in [1.807, 2.05) is 0 Å². The van der Waals surface area contributed by atoms with E-state index in [2.05, 4.69) is 4.85 Å². The van der Waals surface area contributed by atoms with E-state index in [4.69, 9.17) is 11.3 Å². The summed E-state index contributed by atoms with van der Waals surface area (Å²) in [6.07, 6.45) is 0.853. The summed E-state index contributed by atoms with van der Waals surface area (Å²) < 4.78 is 77.8. The average Bonchev–Trinajstić information content (AvgIpc) is 3.42. The highest BCUT2D eigenvalue weighted by molar-refractivity contribution is 5.62. The second-order valence-electron chi connectivity index (χ2n) is 8.01. The second kappa shape index (κ2) is 5.28. The minimum Gasteiger partial charge on any atom is -0.458 e.